The molecule has 136 valence electrons. The van der Waals surface area contributed by atoms with Crippen molar-refractivity contribution in [2.24, 2.45) is 0 Å². The summed E-state index contributed by atoms with van der Waals surface area (Å²) in [7, 11) is 0. The Labute approximate surface area is 178 Å². The molecule has 0 radical (unpaired) electrons. The molecule has 4 rings (SSSR count). The number of hydrogen-bond acceptors (Lipinski definition) is 4. The van der Waals surface area contributed by atoms with E-state index in [0.29, 0.717) is 11.0 Å². The number of hydrogen-bond donors (Lipinski definition) is 2. The standard InChI is InChI=1S/2C11H11NO.Mg.2H/c2*1-7-6-8(2)12-11-9(7)4-3-5-10(11)13;;;/h2*3-6,13H,1-2H3;;;/q;;+2;2*-1. The fourth-order valence-corrected chi connectivity index (χ4v) is 3.13. The van der Waals surface area contributed by atoms with Gasteiger partial charge in [0.25, 0.3) is 0 Å². The van der Waals surface area contributed by atoms with E-state index >= 15 is 0 Å². The average Bonchev–Trinajstić information content (AvgIpc) is 2.57. The van der Waals surface area contributed by atoms with Gasteiger partial charge in [-0.2, -0.15) is 0 Å². The molecule has 0 bridgehead atoms. The summed E-state index contributed by atoms with van der Waals surface area (Å²) in [6.45, 7) is 7.91. The van der Waals surface area contributed by atoms with Crippen molar-refractivity contribution in [2.75, 3.05) is 0 Å². The number of aromatic nitrogens is 2. The maximum Gasteiger partial charge on any atom is 2.00 e. The molecule has 0 fully saturated rings. The molecule has 0 spiro atoms. The first-order chi connectivity index (χ1) is 12.4. The van der Waals surface area contributed by atoms with E-state index in [1.54, 1.807) is 12.1 Å². The minimum atomic E-state index is 0. The van der Waals surface area contributed by atoms with Gasteiger partial charge in [0.05, 0.1) is 0 Å². The fraction of sp³-hybridized carbons (Fsp3) is 0.182. The molecule has 0 aliphatic rings. The summed E-state index contributed by atoms with van der Waals surface area (Å²) in [5, 5.41) is 21.2. The average molecular weight is 373 g/mol. The van der Waals surface area contributed by atoms with Crippen LogP contribution in [0.4, 0.5) is 0 Å². The summed E-state index contributed by atoms with van der Waals surface area (Å²) < 4.78 is 0. The monoisotopic (exact) mass is 372 g/mol. The van der Waals surface area contributed by atoms with Gasteiger partial charge in [-0.05, 0) is 63.1 Å². The van der Waals surface area contributed by atoms with Crippen molar-refractivity contribution in [1.29, 1.82) is 0 Å². The van der Waals surface area contributed by atoms with Crippen molar-refractivity contribution in [3.8, 4) is 11.5 Å². The molecule has 4 aromatic rings. The zero-order chi connectivity index (χ0) is 18.8. The first kappa shape index (κ1) is 20.9. The van der Waals surface area contributed by atoms with Gasteiger partial charge >= 0.3 is 23.1 Å². The van der Waals surface area contributed by atoms with Crippen LogP contribution in [0.2, 0.25) is 0 Å². The van der Waals surface area contributed by atoms with E-state index < -0.39 is 0 Å². The second-order valence-electron chi connectivity index (χ2n) is 6.51. The van der Waals surface area contributed by atoms with Crippen LogP contribution in [0.25, 0.3) is 21.8 Å². The number of phenolic OH excluding ortho intramolecular Hbond substituents is 2. The van der Waals surface area contributed by atoms with E-state index in [0.717, 1.165) is 33.3 Å². The van der Waals surface area contributed by atoms with Gasteiger partial charge in [0.2, 0.25) is 0 Å². The topological polar surface area (TPSA) is 66.2 Å². The Kier molecular flexibility index (Phi) is 6.62. The molecular formula is C22H24MgN2O2. The summed E-state index contributed by atoms with van der Waals surface area (Å²) >= 11 is 0. The van der Waals surface area contributed by atoms with Gasteiger partial charge in [0.1, 0.15) is 22.5 Å². The number of para-hydroxylation sites is 2. The maximum atomic E-state index is 9.56. The zero-order valence-electron chi connectivity index (χ0n) is 18.1. The van der Waals surface area contributed by atoms with Crippen LogP contribution < -0.4 is 0 Å². The third kappa shape index (κ3) is 4.49. The molecule has 0 unspecified atom stereocenters. The predicted octanol–water partition coefficient (Wildman–Crippen LogP) is 4.96. The molecule has 2 heterocycles. The Hall–Kier alpha value is -2.37. The first-order valence-electron chi connectivity index (χ1n) is 8.48. The molecule has 0 saturated heterocycles. The summed E-state index contributed by atoms with van der Waals surface area (Å²) in [6.07, 6.45) is 0. The van der Waals surface area contributed by atoms with Gasteiger partial charge in [0, 0.05) is 22.2 Å². The summed E-state index contributed by atoms with van der Waals surface area (Å²) in [5.41, 5.74) is 5.56. The third-order valence-corrected chi connectivity index (χ3v) is 4.31. The molecule has 2 N–H and O–H groups in total. The van der Waals surface area contributed by atoms with E-state index in [1.807, 2.05) is 64.1 Å². The number of aryl methyl sites for hydroxylation is 4. The van der Waals surface area contributed by atoms with Gasteiger partial charge in [-0.1, -0.05) is 24.3 Å². The van der Waals surface area contributed by atoms with Crippen LogP contribution >= 0.6 is 0 Å². The van der Waals surface area contributed by atoms with Gasteiger partial charge in [0.15, 0.2) is 0 Å². The largest absolute Gasteiger partial charge is 2.00 e. The van der Waals surface area contributed by atoms with Crippen LogP contribution in [0.15, 0.2) is 48.5 Å². The Balaban J connectivity index is 0.000000490. The SMILES string of the molecule is Cc1cc(C)c2cccc(O)c2n1.Cc1cc(C)c2cccc(O)c2n1.[H-].[H-].[Mg+2]. The summed E-state index contributed by atoms with van der Waals surface area (Å²) in [5.74, 6) is 0.508. The van der Waals surface area contributed by atoms with Gasteiger partial charge in [-0.25, -0.2) is 9.97 Å². The van der Waals surface area contributed by atoms with Crippen molar-refractivity contribution < 1.29 is 13.1 Å². The summed E-state index contributed by atoms with van der Waals surface area (Å²) in [4.78, 5) is 8.57. The predicted molar refractivity (Wildman–Crippen MR) is 114 cm³/mol. The zero-order valence-corrected chi connectivity index (χ0v) is 17.5. The van der Waals surface area contributed by atoms with E-state index in [4.69, 9.17) is 0 Å². The van der Waals surface area contributed by atoms with Gasteiger partial charge < -0.3 is 13.1 Å². The molecule has 0 atom stereocenters. The number of phenols is 2. The van der Waals surface area contributed by atoms with Gasteiger partial charge in [-0.15, -0.1) is 0 Å². The van der Waals surface area contributed by atoms with Crippen molar-refractivity contribution in [3.05, 3.63) is 71.0 Å². The van der Waals surface area contributed by atoms with Crippen LogP contribution in [-0.2, 0) is 0 Å². The number of nitrogens with zero attached hydrogens (tertiary/aromatic N) is 2. The summed E-state index contributed by atoms with van der Waals surface area (Å²) in [6, 6.07) is 15.0. The molecule has 27 heavy (non-hydrogen) atoms. The van der Waals surface area contributed by atoms with E-state index in [1.165, 1.54) is 0 Å². The Bertz CT molecular complexity index is 1030. The normalized spacial score (nSPS) is 10.2. The first-order valence-corrected chi connectivity index (χ1v) is 8.48. The fourth-order valence-electron chi connectivity index (χ4n) is 3.13. The van der Waals surface area contributed by atoms with Crippen LogP contribution in [0.1, 0.15) is 25.4 Å². The maximum absolute atomic E-state index is 9.56. The second kappa shape index (κ2) is 8.54. The van der Waals surface area contributed by atoms with Crippen molar-refractivity contribution in [1.82, 2.24) is 9.97 Å². The minimum Gasteiger partial charge on any atom is -1.00 e. The second-order valence-corrected chi connectivity index (χ2v) is 6.51. The number of aromatic hydroxyl groups is 2. The number of benzene rings is 2. The van der Waals surface area contributed by atoms with E-state index in [9.17, 15) is 10.2 Å². The Morgan fingerprint density at radius 2 is 1.04 bits per heavy atom. The molecule has 0 aliphatic heterocycles. The van der Waals surface area contributed by atoms with Crippen LogP contribution in [0.3, 0.4) is 0 Å². The van der Waals surface area contributed by atoms with Crippen LogP contribution in [0, 0.1) is 27.7 Å². The van der Waals surface area contributed by atoms with Crippen molar-refractivity contribution in [2.45, 2.75) is 27.7 Å². The minimum absolute atomic E-state index is 0. The smallest absolute Gasteiger partial charge is 1.00 e. The van der Waals surface area contributed by atoms with E-state index in [2.05, 4.69) is 9.97 Å². The van der Waals surface area contributed by atoms with Gasteiger partial charge in [-0.3, -0.25) is 0 Å². The number of pyridine rings is 2. The molecular weight excluding hydrogens is 349 g/mol. The Morgan fingerprint density at radius 3 is 1.41 bits per heavy atom. The molecule has 0 saturated carbocycles. The molecule has 2 aromatic carbocycles. The number of rotatable bonds is 0. The quantitative estimate of drug-likeness (QED) is 0.428. The third-order valence-electron chi connectivity index (χ3n) is 4.31. The van der Waals surface area contributed by atoms with E-state index in [-0.39, 0.29) is 37.4 Å². The molecule has 2 aromatic heterocycles. The number of fused-ring (bicyclic) bond motifs is 2. The van der Waals surface area contributed by atoms with Crippen LogP contribution in [0.5, 0.6) is 11.5 Å². The molecule has 0 amide bonds. The van der Waals surface area contributed by atoms with Crippen LogP contribution in [-0.4, -0.2) is 43.2 Å². The Morgan fingerprint density at radius 1 is 0.667 bits per heavy atom. The van der Waals surface area contributed by atoms with Crippen molar-refractivity contribution in [3.63, 3.8) is 0 Å². The molecule has 4 nitrogen and oxygen atoms in total. The molecule has 0 aliphatic carbocycles. The van der Waals surface area contributed by atoms with Crippen molar-refractivity contribution >= 4 is 44.9 Å². The molecule has 5 heteroatoms.